The standard InChI is InChI=1S/C25H30Cl2N2O/c26-17-8-18-19(24(30)21-3-1-2-4-28-21)10-22(29-23(18)20(27)9-17)25-11-14-5-15(12-25)7-16(6-14)13-25/h8-10,14-16,21,24,28,30H,1-7,11-13H2/p+1/t14?,15?,16?,21-,24+,25?/m1/s1. The second-order valence-electron chi connectivity index (χ2n) is 10.7. The number of benzene rings is 1. The number of rotatable bonds is 3. The number of hydrogen-bond donors (Lipinski definition) is 2. The van der Waals surface area contributed by atoms with Crippen LogP contribution in [0.3, 0.4) is 0 Å². The molecule has 4 aliphatic carbocycles. The third-order valence-corrected chi connectivity index (χ3v) is 9.14. The Labute approximate surface area is 188 Å². The fourth-order valence-corrected chi connectivity index (χ4v) is 8.25. The number of fused-ring (bicyclic) bond motifs is 1. The molecule has 5 aliphatic rings. The second kappa shape index (κ2) is 7.33. The van der Waals surface area contributed by atoms with Crippen molar-refractivity contribution in [2.24, 2.45) is 17.8 Å². The largest absolute Gasteiger partial charge is 0.382 e. The number of pyridine rings is 1. The van der Waals surface area contributed by atoms with Crippen LogP contribution >= 0.6 is 23.2 Å². The summed E-state index contributed by atoms with van der Waals surface area (Å²) < 4.78 is 0. The molecule has 0 unspecified atom stereocenters. The number of quaternary nitrogens is 1. The molecule has 7 rings (SSSR count). The lowest BCUT2D eigenvalue weighted by molar-refractivity contribution is -0.705. The van der Waals surface area contributed by atoms with Gasteiger partial charge in [0.05, 0.1) is 17.1 Å². The summed E-state index contributed by atoms with van der Waals surface area (Å²) >= 11 is 13.0. The van der Waals surface area contributed by atoms with Crippen molar-refractivity contribution in [3.8, 4) is 0 Å². The van der Waals surface area contributed by atoms with E-state index in [4.69, 9.17) is 28.2 Å². The number of aliphatic hydroxyl groups is 1. The Bertz CT molecular complexity index is 949. The minimum Gasteiger partial charge on any atom is -0.382 e. The molecule has 2 heterocycles. The summed E-state index contributed by atoms with van der Waals surface area (Å²) in [6.45, 7) is 1.09. The molecule has 0 radical (unpaired) electrons. The van der Waals surface area contributed by atoms with Gasteiger partial charge in [0.25, 0.3) is 0 Å². The van der Waals surface area contributed by atoms with Crippen LogP contribution in [0.5, 0.6) is 0 Å². The van der Waals surface area contributed by atoms with E-state index in [9.17, 15) is 5.11 Å². The highest BCUT2D eigenvalue weighted by Crippen LogP contribution is 2.60. The van der Waals surface area contributed by atoms with Gasteiger partial charge in [0.2, 0.25) is 0 Å². The normalized spacial score (nSPS) is 36.4. The Morgan fingerprint density at radius 2 is 1.70 bits per heavy atom. The van der Waals surface area contributed by atoms with Gasteiger partial charge in [-0.25, -0.2) is 0 Å². The zero-order valence-electron chi connectivity index (χ0n) is 17.4. The predicted octanol–water partition coefficient (Wildman–Crippen LogP) is 5.16. The first-order valence-electron chi connectivity index (χ1n) is 11.8. The van der Waals surface area contributed by atoms with Crippen molar-refractivity contribution in [2.75, 3.05) is 6.54 Å². The maximum Gasteiger partial charge on any atom is 0.131 e. The van der Waals surface area contributed by atoms with Crippen molar-refractivity contribution in [1.82, 2.24) is 4.98 Å². The predicted molar refractivity (Wildman–Crippen MR) is 121 cm³/mol. The lowest BCUT2D eigenvalue weighted by atomic mass is 9.48. The Hall–Kier alpha value is -0.870. The van der Waals surface area contributed by atoms with Gasteiger partial charge in [0.1, 0.15) is 12.1 Å². The van der Waals surface area contributed by atoms with E-state index in [0.717, 1.165) is 47.2 Å². The first-order valence-corrected chi connectivity index (χ1v) is 12.6. The number of nitrogens with two attached hydrogens (primary N) is 1. The average molecular weight is 446 g/mol. The summed E-state index contributed by atoms with van der Waals surface area (Å²) in [5.41, 5.74) is 3.16. The molecule has 1 saturated heterocycles. The van der Waals surface area contributed by atoms with Crippen LogP contribution in [0.25, 0.3) is 10.9 Å². The first kappa shape index (κ1) is 19.8. The van der Waals surface area contributed by atoms with E-state index in [0.29, 0.717) is 10.0 Å². The van der Waals surface area contributed by atoms with Crippen molar-refractivity contribution in [1.29, 1.82) is 0 Å². The second-order valence-corrected chi connectivity index (χ2v) is 11.6. The molecule has 4 bridgehead atoms. The number of aromatic nitrogens is 1. The molecule has 1 aromatic carbocycles. The molecule has 5 heteroatoms. The molecule has 2 atom stereocenters. The van der Waals surface area contributed by atoms with Crippen LogP contribution in [-0.4, -0.2) is 22.7 Å². The van der Waals surface area contributed by atoms with Crippen LogP contribution in [0.1, 0.15) is 75.1 Å². The smallest absolute Gasteiger partial charge is 0.131 e. The summed E-state index contributed by atoms with van der Waals surface area (Å²) in [5.74, 6) is 2.57. The molecule has 4 saturated carbocycles. The van der Waals surface area contributed by atoms with Crippen LogP contribution in [-0.2, 0) is 5.41 Å². The van der Waals surface area contributed by atoms with Crippen LogP contribution in [0.2, 0.25) is 10.0 Å². The molecular formula is C25H31Cl2N2O+. The van der Waals surface area contributed by atoms with Crippen LogP contribution < -0.4 is 5.32 Å². The Morgan fingerprint density at radius 3 is 2.33 bits per heavy atom. The molecule has 30 heavy (non-hydrogen) atoms. The zero-order chi connectivity index (χ0) is 20.5. The van der Waals surface area contributed by atoms with E-state index in [2.05, 4.69) is 11.4 Å². The van der Waals surface area contributed by atoms with Crippen molar-refractivity contribution in [3.63, 3.8) is 0 Å². The SMILES string of the molecule is O[C@@H](c1cc(C23CC4CC(CC(C4)C2)C3)nc2c(Cl)cc(Cl)cc12)[C@H]1CCCC[NH2+]1. The summed E-state index contributed by atoms with van der Waals surface area (Å²) in [4.78, 5) is 5.18. The number of hydrogen-bond acceptors (Lipinski definition) is 2. The zero-order valence-corrected chi connectivity index (χ0v) is 18.9. The van der Waals surface area contributed by atoms with E-state index in [-0.39, 0.29) is 11.5 Å². The maximum atomic E-state index is 11.5. The molecule has 3 N–H and O–H groups in total. The summed E-state index contributed by atoms with van der Waals surface area (Å²) in [6, 6.07) is 6.19. The highest BCUT2D eigenvalue weighted by molar-refractivity contribution is 6.38. The van der Waals surface area contributed by atoms with Crippen molar-refractivity contribution in [3.05, 3.63) is 39.5 Å². The summed E-state index contributed by atoms with van der Waals surface area (Å²) in [6.07, 6.45) is 11.0. The van der Waals surface area contributed by atoms with Gasteiger partial charge >= 0.3 is 0 Å². The summed E-state index contributed by atoms with van der Waals surface area (Å²) in [5, 5.41) is 15.9. The fraction of sp³-hybridized carbons (Fsp3) is 0.640. The number of piperidine rings is 1. The molecule has 0 spiro atoms. The van der Waals surface area contributed by atoms with Gasteiger partial charge in [-0.3, -0.25) is 4.98 Å². The van der Waals surface area contributed by atoms with Gasteiger partial charge in [-0.15, -0.1) is 0 Å². The molecule has 3 nitrogen and oxygen atoms in total. The molecule has 1 aliphatic heterocycles. The van der Waals surface area contributed by atoms with E-state index in [1.165, 1.54) is 57.1 Å². The molecule has 0 amide bonds. The van der Waals surface area contributed by atoms with Crippen LogP contribution in [0.4, 0.5) is 0 Å². The Kier molecular flexibility index (Phi) is 4.84. The third kappa shape index (κ3) is 3.20. The monoisotopic (exact) mass is 445 g/mol. The van der Waals surface area contributed by atoms with Gasteiger partial charge in [-0.2, -0.15) is 0 Å². The van der Waals surface area contributed by atoms with Crippen molar-refractivity contribution >= 4 is 34.1 Å². The van der Waals surface area contributed by atoms with Gasteiger partial charge in [0, 0.05) is 27.9 Å². The fourth-order valence-electron chi connectivity index (χ4n) is 7.71. The minimum absolute atomic E-state index is 0.177. The third-order valence-electron chi connectivity index (χ3n) is 8.63. The van der Waals surface area contributed by atoms with E-state index < -0.39 is 6.10 Å². The quantitative estimate of drug-likeness (QED) is 0.685. The lowest BCUT2D eigenvalue weighted by Gasteiger charge is -2.56. The van der Waals surface area contributed by atoms with Crippen LogP contribution in [0.15, 0.2) is 18.2 Å². The number of nitrogens with zero attached hydrogens (tertiary/aromatic N) is 1. The molecule has 2 aromatic rings. The number of aliphatic hydroxyl groups excluding tert-OH is 1. The van der Waals surface area contributed by atoms with Crippen molar-refractivity contribution < 1.29 is 10.4 Å². The lowest BCUT2D eigenvalue weighted by Crippen LogP contribution is -2.92. The van der Waals surface area contributed by atoms with E-state index in [1.54, 1.807) is 6.07 Å². The van der Waals surface area contributed by atoms with Gasteiger partial charge in [0.15, 0.2) is 0 Å². The molecule has 1 aromatic heterocycles. The topological polar surface area (TPSA) is 49.7 Å². The Morgan fingerprint density at radius 1 is 1.00 bits per heavy atom. The van der Waals surface area contributed by atoms with E-state index in [1.807, 2.05) is 6.07 Å². The molecular weight excluding hydrogens is 415 g/mol. The van der Waals surface area contributed by atoms with E-state index >= 15 is 0 Å². The first-order chi connectivity index (χ1) is 14.5. The molecule has 160 valence electrons. The van der Waals surface area contributed by atoms with Gasteiger partial charge in [-0.1, -0.05) is 23.2 Å². The van der Waals surface area contributed by atoms with Crippen molar-refractivity contribution in [2.45, 2.75) is 75.3 Å². The molecule has 5 fully saturated rings. The maximum absolute atomic E-state index is 11.5. The number of halogens is 2. The Balaban J connectivity index is 1.50. The van der Waals surface area contributed by atoms with Crippen LogP contribution in [0, 0.1) is 17.8 Å². The highest BCUT2D eigenvalue weighted by atomic mass is 35.5. The average Bonchev–Trinajstić information content (AvgIpc) is 2.72. The summed E-state index contributed by atoms with van der Waals surface area (Å²) in [7, 11) is 0. The van der Waals surface area contributed by atoms with Gasteiger partial charge < -0.3 is 10.4 Å². The minimum atomic E-state index is -0.516. The highest BCUT2D eigenvalue weighted by Gasteiger charge is 2.52. The van der Waals surface area contributed by atoms with Gasteiger partial charge in [-0.05, 0) is 92.9 Å².